The SMILES string of the molecule is C=C/C=C/C=C/O[Si]. The van der Waals surface area contributed by atoms with Gasteiger partial charge in [0.15, 0.2) is 0 Å². The molecule has 0 saturated carbocycles. The van der Waals surface area contributed by atoms with Gasteiger partial charge in [-0.3, -0.25) is 0 Å². The molecule has 0 unspecified atom stereocenters. The number of hydrogen-bond donors (Lipinski definition) is 0. The molecule has 0 aromatic rings. The first-order valence-electron chi connectivity index (χ1n) is 2.18. The fraction of sp³-hybridized carbons (Fsp3) is 0. The van der Waals surface area contributed by atoms with Gasteiger partial charge in [0.1, 0.15) is 0 Å². The Morgan fingerprint density at radius 2 is 2.00 bits per heavy atom. The van der Waals surface area contributed by atoms with Crippen molar-refractivity contribution in [3.05, 3.63) is 37.1 Å². The lowest BCUT2D eigenvalue weighted by molar-refractivity contribution is 0.535. The average Bonchev–Trinajstić information content (AvgIpc) is 1.81. The molecule has 0 aromatic carbocycles. The van der Waals surface area contributed by atoms with Crippen LogP contribution in [0.25, 0.3) is 0 Å². The van der Waals surface area contributed by atoms with E-state index >= 15 is 0 Å². The summed E-state index contributed by atoms with van der Waals surface area (Å²) in [6, 6.07) is 0. The molecule has 0 atom stereocenters. The molecule has 0 saturated heterocycles. The summed E-state index contributed by atoms with van der Waals surface area (Å²) < 4.78 is 4.43. The van der Waals surface area contributed by atoms with Gasteiger partial charge in [-0.05, 0) is 6.08 Å². The highest BCUT2D eigenvalue weighted by Crippen LogP contribution is 1.76. The Labute approximate surface area is 52.9 Å². The van der Waals surface area contributed by atoms with Crippen molar-refractivity contribution in [3.8, 4) is 0 Å². The van der Waals surface area contributed by atoms with Crippen molar-refractivity contribution in [2.24, 2.45) is 0 Å². The van der Waals surface area contributed by atoms with Gasteiger partial charge in [0.2, 0.25) is 0 Å². The Balaban J connectivity index is 3.26. The van der Waals surface area contributed by atoms with Crippen molar-refractivity contribution in [1.29, 1.82) is 0 Å². The number of rotatable bonds is 3. The Hall–Kier alpha value is -0.763. The molecule has 0 rings (SSSR count). The molecule has 0 spiro atoms. The molecule has 0 aliphatic heterocycles. The maximum Gasteiger partial charge on any atom is 0.340 e. The molecule has 0 amide bonds. The maximum absolute atomic E-state index is 4.43. The van der Waals surface area contributed by atoms with Gasteiger partial charge in [-0.1, -0.05) is 24.8 Å². The van der Waals surface area contributed by atoms with Crippen LogP contribution in [0.3, 0.4) is 0 Å². The molecule has 0 N–H and O–H groups in total. The summed E-state index contributed by atoms with van der Waals surface area (Å²) >= 11 is 0. The monoisotopic (exact) mass is 123 g/mol. The topological polar surface area (TPSA) is 9.23 Å². The summed E-state index contributed by atoms with van der Waals surface area (Å²) in [4.78, 5) is 0. The largest absolute Gasteiger partial charge is 0.546 e. The molecule has 1 nitrogen and oxygen atoms in total. The molecule has 0 heterocycles. The first-order chi connectivity index (χ1) is 3.91. The third-order valence-corrected chi connectivity index (χ3v) is 0.641. The summed E-state index contributed by atoms with van der Waals surface area (Å²) in [5, 5.41) is 0. The standard InChI is InChI=1S/C6H7OSi/c1-2-3-4-5-6-7-8/h2-6H,1H2/b4-3+,6-5+. The third-order valence-electron chi connectivity index (χ3n) is 0.505. The zero-order valence-electron chi connectivity index (χ0n) is 4.50. The minimum Gasteiger partial charge on any atom is -0.546 e. The van der Waals surface area contributed by atoms with E-state index in [-0.39, 0.29) is 0 Å². The summed E-state index contributed by atoms with van der Waals surface area (Å²) in [5.74, 6) is 0. The van der Waals surface area contributed by atoms with Crippen molar-refractivity contribution >= 4 is 10.5 Å². The van der Waals surface area contributed by atoms with Crippen molar-refractivity contribution in [1.82, 2.24) is 0 Å². The van der Waals surface area contributed by atoms with Gasteiger partial charge in [-0.15, -0.1) is 0 Å². The van der Waals surface area contributed by atoms with E-state index in [9.17, 15) is 0 Å². The number of allylic oxidation sites excluding steroid dienone is 4. The van der Waals surface area contributed by atoms with Crippen LogP contribution >= 0.6 is 0 Å². The van der Waals surface area contributed by atoms with E-state index in [1.54, 1.807) is 12.2 Å². The Morgan fingerprint density at radius 1 is 1.25 bits per heavy atom. The molecule has 0 fully saturated rings. The quantitative estimate of drug-likeness (QED) is 0.312. The second kappa shape index (κ2) is 6.24. The molecule has 0 aromatic heterocycles. The van der Waals surface area contributed by atoms with Crippen molar-refractivity contribution < 1.29 is 4.43 Å². The minimum atomic E-state index is 1.51. The maximum atomic E-state index is 4.43. The molecule has 0 bridgehead atoms. The van der Waals surface area contributed by atoms with Crippen LogP contribution in [0, 0.1) is 0 Å². The van der Waals surface area contributed by atoms with Crippen LogP contribution in [0.15, 0.2) is 37.1 Å². The lowest BCUT2D eigenvalue weighted by atomic mass is 10.5. The third kappa shape index (κ3) is 5.24. The summed E-state index contributed by atoms with van der Waals surface area (Å²) in [6.07, 6.45) is 8.57. The fourth-order valence-electron chi connectivity index (χ4n) is 0.227. The van der Waals surface area contributed by atoms with Gasteiger partial charge in [0, 0.05) is 0 Å². The lowest BCUT2D eigenvalue weighted by Crippen LogP contribution is -1.63. The van der Waals surface area contributed by atoms with Gasteiger partial charge in [0.25, 0.3) is 0 Å². The molecular weight excluding hydrogens is 116 g/mol. The van der Waals surface area contributed by atoms with E-state index in [1.165, 1.54) is 6.26 Å². The Kier molecular flexibility index (Phi) is 5.64. The molecule has 0 aliphatic rings. The van der Waals surface area contributed by atoms with E-state index in [4.69, 9.17) is 0 Å². The van der Waals surface area contributed by atoms with Crippen LogP contribution in [-0.2, 0) is 4.43 Å². The van der Waals surface area contributed by atoms with Gasteiger partial charge in [-0.25, -0.2) is 0 Å². The van der Waals surface area contributed by atoms with E-state index in [0.29, 0.717) is 0 Å². The van der Waals surface area contributed by atoms with Crippen molar-refractivity contribution in [2.45, 2.75) is 0 Å². The first-order valence-corrected chi connectivity index (χ1v) is 2.59. The summed E-state index contributed by atoms with van der Waals surface area (Å²) in [7, 11) is 2.80. The highest BCUT2D eigenvalue weighted by molar-refractivity contribution is 5.98. The normalized spacial score (nSPS) is 10.6. The second-order valence-electron chi connectivity index (χ2n) is 1.07. The zero-order valence-corrected chi connectivity index (χ0v) is 5.50. The van der Waals surface area contributed by atoms with Gasteiger partial charge >= 0.3 is 10.5 Å². The summed E-state index contributed by atoms with van der Waals surface area (Å²) in [5.41, 5.74) is 0. The predicted octanol–water partition coefficient (Wildman–Crippen LogP) is 1.34. The van der Waals surface area contributed by atoms with Gasteiger partial charge in [0.05, 0.1) is 6.26 Å². The summed E-state index contributed by atoms with van der Waals surface area (Å²) in [6.45, 7) is 3.48. The Morgan fingerprint density at radius 3 is 2.50 bits per heavy atom. The van der Waals surface area contributed by atoms with Crippen LogP contribution < -0.4 is 0 Å². The van der Waals surface area contributed by atoms with Gasteiger partial charge in [-0.2, -0.15) is 0 Å². The molecule has 41 valence electrons. The minimum absolute atomic E-state index is 1.51. The van der Waals surface area contributed by atoms with Crippen molar-refractivity contribution in [2.75, 3.05) is 0 Å². The highest BCUT2D eigenvalue weighted by atomic mass is 28.2. The van der Waals surface area contributed by atoms with E-state index in [0.717, 1.165) is 0 Å². The molecule has 8 heavy (non-hydrogen) atoms. The van der Waals surface area contributed by atoms with Crippen LogP contribution in [0.4, 0.5) is 0 Å². The Bertz CT molecular complexity index is 105. The second-order valence-corrected chi connectivity index (χ2v) is 1.30. The number of hydrogen-bond acceptors (Lipinski definition) is 1. The molecule has 3 radical (unpaired) electrons. The molecular formula is C6H7OSi. The van der Waals surface area contributed by atoms with Crippen LogP contribution in [0.2, 0.25) is 0 Å². The first kappa shape index (κ1) is 7.24. The van der Waals surface area contributed by atoms with Gasteiger partial charge < -0.3 is 4.43 Å². The van der Waals surface area contributed by atoms with Crippen LogP contribution in [-0.4, -0.2) is 10.5 Å². The van der Waals surface area contributed by atoms with Crippen LogP contribution in [0.5, 0.6) is 0 Å². The smallest absolute Gasteiger partial charge is 0.340 e. The zero-order chi connectivity index (χ0) is 6.24. The highest BCUT2D eigenvalue weighted by Gasteiger charge is 1.58. The van der Waals surface area contributed by atoms with Crippen molar-refractivity contribution in [3.63, 3.8) is 0 Å². The molecule has 0 aliphatic carbocycles. The fourth-order valence-corrected chi connectivity index (χ4v) is 0.306. The average molecular weight is 123 g/mol. The molecule has 2 heteroatoms. The van der Waals surface area contributed by atoms with E-state index in [1.807, 2.05) is 12.2 Å². The lowest BCUT2D eigenvalue weighted by Gasteiger charge is -1.78. The predicted molar refractivity (Wildman–Crippen MR) is 35.3 cm³/mol. The van der Waals surface area contributed by atoms with E-state index in [2.05, 4.69) is 21.5 Å². The van der Waals surface area contributed by atoms with E-state index < -0.39 is 0 Å². The van der Waals surface area contributed by atoms with Crippen LogP contribution in [0.1, 0.15) is 0 Å².